The van der Waals surface area contributed by atoms with Crippen molar-refractivity contribution in [2.24, 2.45) is 5.73 Å². The van der Waals surface area contributed by atoms with Crippen LogP contribution in [-0.2, 0) is 14.3 Å². The molecule has 1 unspecified atom stereocenters. The van der Waals surface area contributed by atoms with Crippen LogP contribution >= 0.6 is 0 Å². The summed E-state index contributed by atoms with van der Waals surface area (Å²) in [5, 5.41) is 2.19. The normalized spacial score (nSPS) is 11.9. The second-order valence-corrected chi connectivity index (χ2v) is 1.93. The Hall–Kier alpha value is -1.10. The molecule has 5 heteroatoms. The monoisotopic (exact) mass is 160 g/mol. The first-order chi connectivity index (χ1) is 5.07. The van der Waals surface area contributed by atoms with Crippen LogP contribution in [0.3, 0.4) is 0 Å². The first-order valence-corrected chi connectivity index (χ1v) is 3.27. The summed E-state index contributed by atoms with van der Waals surface area (Å²) < 4.78 is 4.53. The molecule has 0 heterocycles. The molecule has 0 aromatic carbocycles. The average Bonchev–Trinajstić information content (AvgIpc) is 1.86. The van der Waals surface area contributed by atoms with Crippen molar-refractivity contribution in [2.45, 2.75) is 20.0 Å². The van der Waals surface area contributed by atoms with Gasteiger partial charge in [-0.2, -0.15) is 0 Å². The Kier molecular flexibility index (Phi) is 4.21. The van der Waals surface area contributed by atoms with Crippen LogP contribution in [0.5, 0.6) is 0 Å². The van der Waals surface area contributed by atoms with Gasteiger partial charge >= 0.3 is 5.97 Å². The third-order valence-corrected chi connectivity index (χ3v) is 0.899. The molecule has 0 spiro atoms. The number of nitrogens with two attached hydrogens (primary N) is 1. The molecule has 0 saturated heterocycles. The smallest absolute Gasteiger partial charge is 0.343 e. The molecule has 11 heavy (non-hydrogen) atoms. The molecule has 0 radical (unpaired) electrons. The van der Waals surface area contributed by atoms with Crippen LogP contribution in [0.15, 0.2) is 0 Å². The van der Waals surface area contributed by atoms with Crippen molar-refractivity contribution in [2.75, 3.05) is 6.61 Å². The van der Waals surface area contributed by atoms with Crippen LogP contribution in [0.2, 0.25) is 0 Å². The van der Waals surface area contributed by atoms with Gasteiger partial charge in [-0.3, -0.25) is 4.79 Å². The molecule has 0 aromatic heterocycles. The summed E-state index contributed by atoms with van der Waals surface area (Å²) in [6, 6.07) is 0. The Labute approximate surface area is 64.9 Å². The van der Waals surface area contributed by atoms with Crippen LogP contribution in [0, 0.1) is 0 Å². The Morgan fingerprint density at radius 1 is 1.64 bits per heavy atom. The zero-order chi connectivity index (χ0) is 8.85. The Bertz CT molecular complexity index is 158. The molecule has 64 valence electrons. The fraction of sp³-hybridized carbons (Fsp3) is 0.667. The number of carbonyl (C=O) groups excluding carboxylic acids is 2. The van der Waals surface area contributed by atoms with Gasteiger partial charge in [0.2, 0.25) is 5.91 Å². The Balaban J connectivity index is 3.73. The molecule has 0 saturated carbocycles. The second kappa shape index (κ2) is 4.68. The molecule has 1 amide bonds. The molecular weight excluding hydrogens is 148 g/mol. The van der Waals surface area contributed by atoms with Crippen molar-refractivity contribution < 1.29 is 14.3 Å². The van der Waals surface area contributed by atoms with Gasteiger partial charge in [-0.1, -0.05) is 0 Å². The number of carbonyl (C=O) groups is 2. The van der Waals surface area contributed by atoms with E-state index in [1.54, 1.807) is 6.92 Å². The lowest BCUT2D eigenvalue weighted by Crippen LogP contribution is -2.47. The lowest BCUT2D eigenvalue weighted by molar-refractivity contribution is -0.147. The van der Waals surface area contributed by atoms with Gasteiger partial charge in [-0.05, 0) is 6.92 Å². The number of nitrogens with one attached hydrogen (secondary N) is 1. The fourth-order valence-corrected chi connectivity index (χ4v) is 0.510. The molecule has 0 aliphatic rings. The number of esters is 1. The average molecular weight is 160 g/mol. The molecule has 0 rings (SSSR count). The molecule has 0 bridgehead atoms. The van der Waals surface area contributed by atoms with Crippen LogP contribution in [0.4, 0.5) is 0 Å². The molecule has 5 nitrogen and oxygen atoms in total. The van der Waals surface area contributed by atoms with E-state index < -0.39 is 12.1 Å². The molecule has 0 aromatic rings. The van der Waals surface area contributed by atoms with Gasteiger partial charge in [0.25, 0.3) is 0 Å². The first kappa shape index (κ1) is 9.90. The van der Waals surface area contributed by atoms with Gasteiger partial charge in [0.05, 0.1) is 6.61 Å². The summed E-state index contributed by atoms with van der Waals surface area (Å²) in [7, 11) is 0. The van der Waals surface area contributed by atoms with E-state index in [2.05, 4.69) is 10.1 Å². The SMILES string of the molecule is CCOC(=O)C(N)NC(C)=O. The number of amides is 1. The number of ether oxygens (including phenoxy) is 1. The van der Waals surface area contributed by atoms with E-state index in [1.165, 1.54) is 6.92 Å². The molecule has 0 aliphatic heterocycles. The minimum atomic E-state index is -1.05. The van der Waals surface area contributed by atoms with E-state index in [0.717, 1.165) is 0 Å². The van der Waals surface area contributed by atoms with Gasteiger partial charge in [0.1, 0.15) is 0 Å². The van der Waals surface area contributed by atoms with Crippen LogP contribution in [-0.4, -0.2) is 24.6 Å². The highest BCUT2D eigenvalue weighted by Gasteiger charge is 2.14. The summed E-state index contributed by atoms with van der Waals surface area (Å²) >= 11 is 0. The molecule has 3 N–H and O–H groups in total. The fourth-order valence-electron chi connectivity index (χ4n) is 0.510. The van der Waals surface area contributed by atoms with E-state index in [4.69, 9.17) is 5.73 Å². The third-order valence-electron chi connectivity index (χ3n) is 0.899. The minimum absolute atomic E-state index is 0.256. The van der Waals surface area contributed by atoms with Gasteiger partial charge in [0, 0.05) is 6.92 Å². The number of hydrogen-bond donors (Lipinski definition) is 2. The summed E-state index contributed by atoms with van der Waals surface area (Å²) in [4.78, 5) is 21.1. The number of hydrogen-bond acceptors (Lipinski definition) is 4. The predicted molar refractivity (Wildman–Crippen MR) is 38.4 cm³/mol. The third kappa shape index (κ3) is 4.32. The van der Waals surface area contributed by atoms with Gasteiger partial charge < -0.3 is 15.8 Å². The zero-order valence-electron chi connectivity index (χ0n) is 6.59. The van der Waals surface area contributed by atoms with Crippen LogP contribution in [0.1, 0.15) is 13.8 Å². The van der Waals surface area contributed by atoms with Gasteiger partial charge in [-0.25, -0.2) is 4.79 Å². The molecule has 1 atom stereocenters. The molecular formula is C6H12N2O3. The maximum absolute atomic E-state index is 10.7. The van der Waals surface area contributed by atoms with Crippen molar-refractivity contribution in [3.05, 3.63) is 0 Å². The maximum Gasteiger partial charge on any atom is 0.343 e. The second-order valence-electron chi connectivity index (χ2n) is 1.93. The zero-order valence-corrected chi connectivity index (χ0v) is 6.59. The molecule has 0 fully saturated rings. The Morgan fingerprint density at radius 2 is 2.18 bits per heavy atom. The van der Waals surface area contributed by atoms with Crippen molar-refractivity contribution in [3.8, 4) is 0 Å². The summed E-state index contributed by atoms with van der Waals surface area (Å²) in [6.45, 7) is 3.20. The minimum Gasteiger partial charge on any atom is -0.463 e. The van der Waals surface area contributed by atoms with Crippen molar-refractivity contribution in [1.29, 1.82) is 0 Å². The standard InChI is InChI=1S/C6H12N2O3/c1-3-11-6(10)5(7)8-4(2)9/h5H,3,7H2,1-2H3,(H,8,9). The summed E-state index contributed by atoms with van der Waals surface area (Å²) in [6.07, 6.45) is -1.05. The van der Waals surface area contributed by atoms with Crippen molar-refractivity contribution in [3.63, 3.8) is 0 Å². The maximum atomic E-state index is 10.7. The highest BCUT2D eigenvalue weighted by molar-refractivity contribution is 5.82. The highest BCUT2D eigenvalue weighted by Crippen LogP contribution is 1.80. The van der Waals surface area contributed by atoms with Crippen molar-refractivity contribution in [1.82, 2.24) is 5.32 Å². The predicted octanol–water partition coefficient (Wildman–Crippen LogP) is -1.03. The quantitative estimate of drug-likeness (QED) is 0.408. The Morgan fingerprint density at radius 3 is 2.55 bits per heavy atom. The van der Waals surface area contributed by atoms with E-state index in [1.807, 2.05) is 0 Å². The molecule has 0 aliphatic carbocycles. The topological polar surface area (TPSA) is 81.4 Å². The lowest BCUT2D eigenvalue weighted by Gasteiger charge is -2.09. The lowest BCUT2D eigenvalue weighted by atomic mass is 10.5. The van der Waals surface area contributed by atoms with E-state index in [0.29, 0.717) is 0 Å². The number of rotatable bonds is 3. The van der Waals surface area contributed by atoms with Gasteiger partial charge in [-0.15, -0.1) is 0 Å². The largest absolute Gasteiger partial charge is 0.463 e. The van der Waals surface area contributed by atoms with Crippen LogP contribution in [0.25, 0.3) is 0 Å². The van der Waals surface area contributed by atoms with Crippen molar-refractivity contribution >= 4 is 11.9 Å². The first-order valence-electron chi connectivity index (χ1n) is 3.27. The van der Waals surface area contributed by atoms with Gasteiger partial charge in [0.15, 0.2) is 6.17 Å². The van der Waals surface area contributed by atoms with E-state index in [9.17, 15) is 9.59 Å². The summed E-state index contributed by atoms with van der Waals surface area (Å²) in [5.74, 6) is -0.978. The summed E-state index contributed by atoms with van der Waals surface area (Å²) in [5.41, 5.74) is 5.20. The van der Waals surface area contributed by atoms with E-state index >= 15 is 0 Å². The highest BCUT2D eigenvalue weighted by atomic mass is 16.5. The van der Waals surface area contributed by atoms with E-state index in [-0.39, 0.29) is 12.5 Å². The van der Waals surface area contributed by atoms with Crippen LogP contribution < -0.4 is 11.1 Å².